The van der Waals surface area contributed by atoms with Crippen molar-refractivity contribution in [1.82, 2.24) is 19.9 Å². The molecule has 0 fully saturated rings. The summed E-state index contributed by atoms with van der Waals surface area (Å²) < 4.78 is 8.57. The van der Waals surface area contributed by atoms with E-state index in [-0.39, 0.29) is 11.2 Å². The van der Waals surface area contributed by atoms with Crippen LogP contribution in [0.25, 0.3) is 21.9 Å². The van der Waals surface area contributed by atoms with Crippen LogP contribution in [0.1, 0.15) is 47.4 Å². The Morgan fingerprint density at radius 1 is 1.11 bits per heavy atom. The molecule has 0 unspecified atom stereocenters. The highest BCUT2D eigenvalue weighted by atomic mass is 16.5. The average Bonchev–Trinajstić information content (AvgIpc) is 2.89. The van der Waals surface area contributed by atoms with Crippen molar-refractivity contribution in [1.29, 1.82) is 0 Å². The summed E-state index contributed by atoms with van der Waals surface area (Å²) in [4.78, 5) is 9.38. The second kappa shape index (κ2) is 7.09. The van der Waals surface area contributed by atoms with Gasteiger partial charge in [-0.15, -0.1) is 0 Å². The Labute approximate surface area is 161 Å². The number of aromatic nitrogens is 3. The van der Waals surface area contributed by atoms with E-state index in [4.69, 9.17) is 15.5 Å². The van der Waals surface area contributed by atoms with Gasteiger partial charge >= 0.3 is 0 Å². The zero-order valence-electron chi connectivity index (χ0n) is 17.3. The Balaban J connectivity index is 2.21. The maximum Gasteiger partial charge on any atom is 0.152 e. The highest BCUT2D eigenvalue weighted by molar-refractivity contribution is 6.06. The normalized spacial score (nSPS) is 13.0. The van der Waals surface area contributed by atoms with Gasteiger partial charge in [0.15, 0.2) is 5.82 Å². The molecule has 3 rings (SSSR count). The summed E-state index contributed by atoms with van der Waals surface area (Å²) in [7, 11) is 0. The first-order valence-corrected chi connectivity index (χ1v) is 9.55. The molecule has 6 heteroatoms. The lowest BCUT2D eigenvalue weighted by Gasteiger charge is -2.34. The maximum absolute atomic E-state index is 6.33. The molecular weight excluding hydrogens is 338 g/mol. The monoisotopic (exact) mass is 369 g/mol. The summed E-state index contributed by atoms with van der Waals surface area (Å²) in [6.45, 7) is 14.8. The van der Waals surface area contributed by atoms with Gasteiger partial charge in [-0.25, -0.2) is 9.97 Å². The summed E-state index contributed by atoms with van der Waals surface area (Å²) in [6, 6.07) is 8.07. The molecule has 2 heterocycles. The number of nitrogens with two attached hydrogens (primary N) is 1. The first-order chi connectivity index (χ1) is 12.6. The number of nitrogen functional groups attached to an aromatic ring is 1. The quantitative estimate of drug-likeness (QED) is 0.690. The van der Waals surface area contributed by atoms with Crippen LogP contribution in [0.2, 0.25) is 0 Å². The Morgan fingerprint density at radius 3 is 2.48 bits per heavy atom. The molecule has 3 N–H and O–H groups in total. The molecule has 0 aliphatic rings. The Morgan fingerprint density at radius 2 is 1.81 bits per heavy atom. The molecule has 0 atom stereocenters. The van der Waals surface area contributed by atoms with Crippen LogP contribution in [0.3, 0.4) is 0 Å². The van der Waals surface area contributed by atoms with Crippen LogP contribution in [0.15, 0.2) is 24.3 Å². The number of anilines is 1. The fourth-order valence-corrected chi connectivity index (χ4v) is 3.69. The molecule has 0 aliphatic carbocycles. The third-order valence-corrected chi connectivity index (χ3v) is 4.34. The molecule has 0 bridgehead atoms. The van der Waals surface area contributed by atoms with Gasteiger partial charge in [0.2, 0.25) is 0 Å². The molecule has 0 aliphatic heterocycles. The summed E-state index contributed by atoms with van der Waals surface area (Å²) in [5, 5.41) is 4.44. The minimum absolute atomic E-state index is 0.232. The van der Waals surface area contributed by atoms with Crippen LogP contribution < -0.4 is 11.1 Å². The molecule has 0 saturated carbocycles. The van der Waals surface area contributed by atoms with Crippen molar-refractivity contribution in [3.8, 4) is 0 Å². The van der Waals surface area contributed by atoms with Crippen LogP contribution in [-0.2, 0) is 17.8 Å². The minimum Gasteiger partial charge on any atom is -0.382 e. The van der Waals surface area contributed by atoms with E-state index in [9.17, 15) is 0 Å². The van der Waals surface area contributed by atoms with Crippen LogP contribution >= 0.6 is 0 Å². The number of benzene rings is 1. The van der Waals surface area contributed by atoms with Gasteiger partial charge in [-0.3, -0.25) is 0 Å². The van der Waals surface area contributed by atoms with Gasteiger partial charge in [0.1, 0.15) is 11.3 Å². The van der Waals surface area contributed by atoms with E-state index >= 15 is 0 Å². The first-order valence-electron chi connectivity index (χ1n) is 9.55. The lowest BCUT2D eigenvalue weighted by Crippen LogP contribution is -2.39. The fraction of sp³-hybridized carbons (Fsp3) is 0.524. The topological polar surface area (TPSA) is 78.0 Å². The zero-order chi connectivity index (χ0) is 19.8. The molecule has 0 radical (unpaired) electrons. The van der Waals surface area contributed by atoms with Crippen molar-refractivity contribution in [2.45, 2.75) is 65.8 Å². The standard InChI is InChI=1S/C21H31N5O/c1-7-23-12-16-25-17-18(14-10-8-9-11-15(14)24-19(17)22)26(16)13-21(5,6)27-20(2,3)4/h8-11,23H,7,12-13H2,1-6H3,(H2,22,24). The van der Waals surface area contributed by atoms with Crippen molar-refractivity contribution >= 4 is 27.8 Å². The van der Waals surface area contributed by atoms with E-state index in [2.05, 4.69) is 62.5 Å². The maximum atomic E-state index is 6.33. The van der Waals surface area contributed by atoms with Gasteiger partial charge in [-0.1, -0.05) is 25.1 Å². The molecule has 6 nitrogen and oxygen atoms in total. The lowest BCUT2D eigenvalue weighted by molar-refractivity contribution is -0.119. The summed E-state index contributed by atoms with van der Waals surface area (Å²) in [5.41, 5.74) is 8.32. The van der Waals surface area contributed by atoms with Gasteiger partial charge in [-0.05, 0) is 47.2 Å². The summed E-state index contributed by atoms with van der Waals surface area (Å²) in [5.74, 6) is 1.41. The molecule has 0 saturated heterocycles. The molecule has 2 aromatic heterocycles. The minimum atomic E-state index is -0.369. The molecular formula is C21H31N5O. The predicted octanol–water partition coefficient (Wildman–Crippen LogP) is 3.87. The number of para-hydroxylation sites is 1. The highest BCUT2D eigenvalue weighted by Crippen LogP contribution is 2.31. The number of nitrogens with one attached hydrogen (secondary N) is 1. The fourth-order valence-electron chi connectivity index (χ4n) is 3.69. The number of hydrogen-bond donors (Lipinski definition) is 2. The molecule has 0 amide bonds. The Hall–Kier alpha value is -2.18. The van der Waals surface area contributed by atoms with Crippen LogP contribution in [0.4, 0.5) is 5.82 Å². The number of ether oxygens (including phenoxy) is 1. The van der Waals surface area contributed by atoms with Gasteiger partial charge in [0, 0.05) is 5.39 Å². The van der Waals surface area contributed by atoms with Crippen LogP contribution in [-0.4, -0.2) is 32.3 Å². The average molecular weight is 370 g/mol. The molecule has 3 aromatic rings. The number of hydrogen-bond acceptors (Lipinski definition) is 5. The number of fused-ring (bicyclic) bond motifs is 3. The van der Waals surface area contributed by atoms with Crippen molar-refractivity contribution in [3.05, 3.63) is 30.1 Å². The smallest absolute Gasteiger partial charge is 0.152 e. The van der Waals surface area contributed by atoms with E-state index in [0.29, 0.717) is 18.9 Å². The van der Waals surface area contributed by atoms with E-state index < -0.39 is 0 Å². The van der Waals surface area contributed by atoms with Gasteiger partial charge in [0.25, 0.3) is 0 Å². The van der Waals surface area contributed by atoms with Crippen molar-refractivity contribution in [2.75, 3.05) is 12.3 Å². The van der Waals surface area contributed by atoms with E-state index in [1.807, 2.05) is 18.2 Å². The summed E-state index contributed by atoms with van der Waals surface area (Å²) >= 11 is 0. The molecule has 1 aromatic carbocycles. The lowest BCUT2D eigenvalue weighted by atomic mass is 10.1. The van der Waals surface area contributed by atoms with Crippen molar-refractivity contribution in [3.63, 3.8) is 0 Å². The van der Waals surface area contributed by atoms with E-state index in [0.717, 1.165) is 34.3 Å². The van der Waals surface area contributed by atoms with Crippen molar-refractivity contribution < 1.29 is 4.74 Å². The van der Waals surface area contributed by atoms with E-state index in [1.165, 1.54) is 0 Å². The number of imidazole rings is 1. The summed E-state index contributed by atoms with van der Waals surface area (Å²) in [6.07, 6.45) is 0. The molecule has 0 spiro atoms. The number of nitrogens with zero attached hydrogens (tertiary/aromatic N) is 3. The molecule has 27 heavy (non-hydrogen) atoms. The predicted molar refractivity (Wildman–Crippen MR) is 112 cm³/mol. The SMILES string of the molecule is CCNCc1nc2c(N)nc3ccccc3c2n1CC(C)(C)OC(C)(C)C. The highest BCUT2D eigenvalue weighted by Gasteiger charge is 2.29. The van der Waals surface area contributed by atoms with Gasteiger partial charge < -0.3 is 20.4 Å². The van der Waals surface area contributed by atoms with Crippen LogP contribution in [0, 0.1) is 0 Å². The zero-order valence-corrected chi connectivity index (χ0v) is 17.3. The third-order valence-electron chi connectivity index (χ3n) is 4.34. The number of rotatable bonds is 6. The van der Waals surface area contributed by atoms with Crippen LogP contribution in [0.5, 0.6) is 0 Å². The first kappa shape index (κ1) is 19.6. The Bertz CT molecular complexity index is 953. The Kier molecular flexibility index (Phi) is 5.14. The van der Waals surface area contributed by atoms with E-state index in [1.54, 1.807) is 0 Å². The second-order valence-corrected chi connectivity index (χ2v) is 8.58. The van der Waals surface area contributed by atoms with Gasteiger partial charge in [-0.2, -0.15) is 0 Å². The van der Waals surface area contributed by atoms with Crippen molar-refractivity contribution in [2.24, 2.45) is 0 Å². The largest absolute Gasteiger partial charge is 0.382 e. The third kappa shape index (κ3) is 4.22. The van der Waals surface area contributed by atoms with Gasteiger partial charge in [0.05, 0.1) is 35.3 Å². The number of pyridine rings is 1. The second-order valence-electron chi connectivity index (χ2n) is 8.58. The molecule has 146 valence electrons.